The van der Waals surface area contributed by atoms with E-state index in [9.17, 15) is 31.5 Å². The second-order valence-electron chi connectivity index (χ2n) is 11.8. The number of para-hydroxylation sites is 1. The summed E-state index contributed by atoms with van der Waals surface area (Å²) in [4.78, 5) is 25.1. The molecule has 2 saturated heterocycles. The summed E-state index contributed by atoms with van der Waals surface area (Å²) >= 11 is 0. The summed E-state index contributed by atoms with van der Waals surface area (Å²) in [5.74, 6) is -1.52. The summed E-state index contributed by atoms with van der Waals surface area (Å²) in [6, 6.07) is 6.22. The number of nitrogens with zero attached hydrogens (tertiary/aromatic N) is 4. The predicted octanol–water partition coefficient (Wildman–Crippen LogP) is 5.03. The number of anilines is 1. The number of rotatable bonds is 5. The maximum atomic E-state index is 16.7. The minimum absolute atomic E-state index is 0.0904. The number of carbonyl (C=O) groups is 1. The molecule has 1 N–H and O–H groups in total. The highest BCUT2D eigenvalue weighted by Crippen LogP contribution is 2.48. The highest BCUT2D eigenvalue weighted by molar-refractivity contribution is 7.92. The molecule has 0 unspecified atom stereocenters. The third kappa shape index (κ3) is 5.20. The van der Waals surface area contributed by atoms with Crippen molar-refractivity contribution in [3.8, 4) is 18.2 Å². The first-order valence-electron chi connectivity index (χ1n) is 13.8. The van der Waals surface area contributed by atoms with Crippen LogP contribution in [0.2, 0.25) is 0 Å². The fourth-order valence-electron chi connectivity index (χ4n) is 6.03. The fraction of sp³-hybridized carbons (Fsp3) is 0.400. The van der Waals surface area contributed by atoms with Gasteiger partial charge in [-0.05, 0) is 38.5 Å². The molecule has 3 atom stereocenters. The number of benzene rings is 1. The van der Waals surface area contributed by atoms with Crippen LogP contribution in [0.25, 0.3) is 22.1 Å². The van der Waals surface area contributed by atoms with E-state index in [1.165, 1.54) is 38.2 Å². The number of halogens is 4. The highest BCUT2D eigenvalue weighted by atomic mass is 32.2. The van der Waals surface area contributed by atoms with Crippen LogP contribution in [0, 0.1) is 12.3 Å². The lowest BCUT2D eigenvalue weighted by molar-refractivity contribution is -0.144. The van der Waals surface area contributed by atoms with Gasteiger partial charge in [-0.1, -0.05) is 18.1 Å². The Bertz CT molecular complexity index is 2010. The quantitative estimate of drug-likeness (QED) is 0.232. The molecule has 10 nitrogen and oxygen atoms in total. The van der Waals surface area contributed by atoms with Crippen molar-refractivity contribution in [2.75, 3.05) is 17.2 Å². The average Bonchev–Trinajstić information content (AvgIpc) is 3.56. The molecule has 0 saturated carbocycles. The Labute approximate surface area is 254 Å². The number of alkyl halides is 4. The van der Waals surface area contributed by atoms with Crippen molar-refractivity contribution in [1.29, 1.82) is 0 Å². The molecule has 15 heteroatoms. The van der Waals surface area contributed by atoms with E-state index < -0.39 is 62.5 Å². The van der Waals surface area contributed by atoms with Gasteiger partial charge in [0.25, 0.3) is 0 Å². The largest absolute Gasteiger partial charge is 0.480 e. The van der Waals surface area contributed by atoms with Crippen LogP contribution in [0.3, 0.4) is 0 Å². The number of carboxylic acid groups (broad SMARTS) is 1. The number of aromatic nitrogens is 3. The van der Waals surface area contributed by atoms with E-state index in [1.54, 1.807) is 12.1 Å². The van der Waals surface area contributed by atoms with Crippen LogP contribution in [-0.4, -0.2) is 63.6 Å². The Hall–Kier alpha value is -4.45. The number of hydrogen-bond donors (Lipinski definition) is 1. The molecule has 5 heterocycles. The van der Waals surface area contributed by atoms with Crippen LogP contribution in [0.1, 0.15) is 50.1 Å². The van der Waals surface area contributed by atoms with Crippen LogP contribution in [0.15, 0.2) is 40.9 Å². The summed E-state index contributed by atoms with van der Waals surface area (Å²) in [5.41, 5.74) is -2.13. The Kier molecular flexibility index (Phi) is 7.00. The summed E-state index contributed by atoms with van der Waals surface area (Å²) < 4.78 is 94.2. The van der Waals surface area contributed by atoms with Gasteiger partial charge in [0.05, 0.1) is 22.6 Å². The first kappa shape index (κ1) is 30.6. The molecular weight excluding hydrogens is 620 g/mol. The molecule has 2 fully saturated rings. The number of aliphatic carboxylic acids is 1. The van der Waals surface area contributed by atoms with Crippen LogP contribution < -0.4 is 9.64 Å². The third-order valence-corrected chi connectivity index (χ3v) is 10.9. The maximum Gasteiger partial charge on any atom is 0.451 e. The van der Waals surface area contributed by atoms with Gasteiger partial charge in [0.1, 0.15) is 28.9 Å². The minimum Gasteiger partial charge on any atom is -0.480 e. The zero-order valence-electron chi connectivity index (χ0n) is 23.9. The SMILES string of the molecule is C#Cc1cnc(O[C@H]2C[C@@H](C(=O)O)N(c3nc(C(F)(F)F)nc4c3oc3ccccc34)C2)c([C@]2(F)CCS(=O)(=O)C(C)(C)C2)c1. The van der Waals surface area contributed by atoms with Gasteiger partial charge in [0.15, 0.2) is 21.2 Å². The monoisotopic (exact) mass is 646 g/mol. The van der Waals surface area contributed by atoms with Crippen molar-refractivity contribution in [3.63, 3.8) is 0 Å². The lowest BCUT2D eigenvalue weighted by atomic mass is 9.84. The molecule has 236 valence electrons. The van der Waals surface area contributed by atoms with E-state index in [0.717, 1.165) is 4.90 Å². The van der Waals surface area contributed by atoms with Crippen LogP contribution >= 0.6 is 0 Å². The lowest BCUT2D eigenvalue weighted by Gasteiger charge is -2.39. The molecule has 1 aromatic carbocycles. The van der Waals surface area contributed by atoms with Gasteiger partial charge in [-0.15, -0.1) is 6.42 Å². The van der Waals surface area contributed by atoms with Crippen molar-refractivity contribution in [2.45, 2.75) is 61.8 Å². The Morgan fingerprint density at radius 2 is 1.98 bits per heavy atom. The molecule has 2 aliphatic rings. The number of carboxylic acids is 1. The number of furan rings is 1. The topological polar surface area (TPSA) is 136 Å². The minimum atomic E-state index is -4.95. The van der Waals surface area contributed by atoms with Crippen molar-refractivity contribution in [1.82, 2.24) is 15.0 Å². The molecule has 45 heavy (non-hydrogen) atoms. The van der Waals surface area contributed by atoms with Crippen LogP contribution in [0.4, 0.5) is 23.4 Å². The molecule has 2 aliphatic heterocycles. The van der Waals surface area contributed by atoms with Crippen molar-refractivity contribution in [3.05, 3.63) is 53.5 Å². The fourth-order valence-corrected chi connectivity index (χ4v) is 7.62. The van der Waals surface area contributed by atoms with Crippen LogP contribution in [-0.2, 0) is 26.5 Å². The first-order chi connectivity index (χ1) is 21.0. The zero-order chi connectivity index (χ0) is 32.5. The van der Waals surface area contributed by atoms with E-state index in [0.29, 0.717) is 0 Å². The summed E-state index contributed by atoms with van der Waals surface area (Å²) in [6.07, 6.45) is -0.210. The van der Waals surface area contributed by atoms with Crippen LogP contribution in [0.5, 0.6) is 5.88 Å². The third-order valence-electron chi connectivity index (χ3n) is 8.37. The summed E-state index contributed by atoms with van der Waals surface area (Å²) in [5, 5.41) is 10.4. The summed E-state index contributed by atoms with van der Waals surface area (Å²) in [6.45, 7) is 2.57. The van der Waals surface area contributed by atoms with Gasteiger partial charge >= 0.3 is 12.1 Å². The maximum absolute atomic E-state index is 16.7. The molecule has 0 spiro atoms. The number of hydrogen-bond acceptors (Lipinski definition) is 9. The molecular formula is C30H26F4N4O6S. The van der Waals surface area contributed by atoms with Crippen molar-refractivity contribution >= 4 is 43.7 Å². The van der Waals surface area contributed by atoms with Crippen molar-refractivity contribution < 1.29 is 45.0 Å². The Morgan fingerprint density at radius 1 is 1.24 bits per heavy atom. The number of sulfone groups is 1. The normalized spacial score (nSPS) is 24.5. The van der Waals surface area contributed by atoms with E-state index in [-0.39, 0.29) is 64.3 Å². The van der Waals surface area contributed by atoms with Gasteiger partial charge in [-0.2, -0.15) is 13.2 Å². The molecule has 6 rings (SSSR count). The molecule has 0 amide bonds. The predicted molar refractivity (Wildman–Crippen MR) is 154 cm³/mol. The molecule has 0 radical (unpaired) electrons. The summed E-state index contributed by atoms with van der Waals surface area (Å²) in [7, 11) is -3.60. The molecule has 0 bridgehead atoms. The first-order valence-corrected chi connectivity index (χ1v) is 15.5. The van der Waals surface area contributed by atoms with E-state index in [1.807, 2.05) is 0 Å². The van der Waals surface area contributed by atoms with Gasteiger partial charge in [-0.25, -0.2) is 32.6 Å². The van der Waals surface area contributed by atoms with E-state index >= 15 is 4.39 Å². The lowest BCUT2D eigenvalue weighted by Crippen LogP contribution is -2.47. The number of fused-ring (bicyclic) bond motifs is 3. The second-order valence-corrected chi connectivity index (χ2v) is 14.6. The van der Waals surface area contributed by atoms with E-state index in [2.05, 4.69) is 20.9 Å². The Balaban J connectivity index is 1.41. The van der Waals surface area contributed by atoms with E-state index in [4.69, 9.17) is 15.6 Å². The average molecular weight is 647 g/mol. The Morgan fingerprint density at radius 3 is 2.64 bits per heavy atom. The van der Waals surface area contributed by atoms with Gasteiger partial charge in [0, 0.05) is 30.0 Å². The highest BCUT2D eigenvalue weighted by Gasteiger charge is 2.52. The number of pyridine rings is 1. The van der Waals surface area contributed by atoms with Gasteiger partial charge in [0.2, 0.25) is 11.7 Å². The zero-order valence-corrected chi connectivity index (χ0v) is 24.7. The van der Waals surface area contributed by atoms with Gasteiger partial charge < -0.3 is 19.2 Å². The smallest absolute Gasteiger partial charge is 0.451 e. The number of terminal acetylenes is 1. The van der Waals surface area contributed by atoms with Gasteiger partial charge in [-0.3, -0.25) is 0 Å². The second kappa shape index (κ2) is 10.3. The van der Waals surface area contributed by atoms with Crippen molar-refractivity contribution in [2.24, 2.45) is 0 Å². The molecule has 0 aliphatic carbocycles. The molecule has 3 aromatic heterocycles. The molecule has 4 aromatic rings. The standard InChI is InChI=1S/C30H26F4N4O6S/c1-4-16-11-19(29(31)9-10-45(41,42)28(2,3)15-29)25(35-13-16)43-17-12-20(26(39)40)38(14-17)24-23-22(36-27(37-24)30(32,33)34)18-7-5-6-8-21(18)44-23/h1,5-8,11,13,17,20H,9-10,12,14-15H2,2-3H3,(H,39,40)/t17-,20-,29-/m0/s1. The number of ether oxygens (including phenoxy) is 1.